The summed E-state index contributed by atoms with van der Waals surface area (Å²) in [7, 11) is 0. The van der Waals surface area contributed by atoms with Gasteiger partial charge in [-0.2, -0.15) is 0 Å². The summed E-state index contributed by atoms with van der Waals surface area (Å²) in [5, 5.41) is 7.04. The van der Waals surface area contributed by atoms with Crippen molar-refractivity contribution in [3.05, 3.63) is 17.5 Å². The molecule has 4 rings (SSSR count). The summed E-state index contributed by atoms with van der Waals surface area (Å²) in [5.74, 6) is 1.88. The fraction of sp³-hybridized carbons (Fsp3) is 0.783. The number of carbonyl (C=O) groups is 2. The maximum Gasteiger partial charge on any atom is 0.273 e. The summed E-state index contributed by atoms with van der Waals surface area (Å²) in [4.78, 5) is 28.0. The summed E-state index contributed by atoms with van der Waals surface area (Å²) in [6, 6.07) is 1.98. The molecule has 1 N–H and O–H groups in total. The molecule has 1 saturated heterocycles. The highest BCUT2D eigenvalue weighted by Gasteiger charge is 2.42. The molecule has 2 saturated carbocycles. The monoisotopic (exact) mass is 401 g/mol. The van der Waals surface area contributed by atoms with Crippen molar-refractivity contribution in [2.75, 3.05) is 6.54 Å². The second-order valence-electron chi connectivity index (χ2n) is 9.99. The van der Waals surface area contributed by atoms with Crippen molar-refractivity contribution < 1.29 is 14.1 Å². The summed E-state index contributed by atoms with van der Waals surface area (Å²) in [6.07, 6.45) is 9.94. The summed E-state index contributed by atoms with van der Waals surface area (Å²) >= 11 is 0. The molecule has 1 aromatic rings. The number of likely N-dealkylation sites (tertiary alicyclic amines) is 1. The fourth-order valence-corrected chi connectivity index (χ4v) is 5.19. The van der Waals surface area contributed by atoms with Gasteiger partial charge in [0.2, 0.25) is 5.91 Å². The molecule has 1 aromatic heterocycles. The van der Waals surface area contributed by atoms with Crippen LogP contribution in [0.5, 0.6) is 0 Å². The SMILES string of the molecule is C[C@H]1CC(NC(=O)c2cc(C3CC3)on2)CCN1C(=O)C(C)(C)C1CCCCC1. The Hall–Kier alpha value is -1.85. The van der Waals surface area contributed by atoms with E-state index in [1.165, 1.54) is 32.1 Å². The van der Waals surface area contributed by atoms with E-state index in [-0.39, 0.29) is 29.3 Å². The van der Waals surface area contributed by atoms with Gasteiger partial charge >= 0.3 is 0 Å². The largest absolute Gasteiger partial charge is 0.360 e. The van der Waals surface area contributed by atoms with Gasteiger partial charge in [0.15, 0.2) is 5.69 Å². The zero-order valence-electron chi connectivity index (χ0n) is 18.1. The third-order valence-electron chi connectivity index (χ3n) is 7.39. The molecule has 3 aliphatic rings. The van der Waals surface area contributed by atoms with Gasteiger partial charge in [0.05, 0.1) is 0 Å². The molecule has 0 radical (unpaired) electrons. The number of rotatable bonds is 5. The van der Waals surface area contributed by atoms with Gasteiger partial charge in [-0.1, -0.05) is 38.3 Å². The second-order valence-corrected chi connectivity index (χ2v) is 9.99. The Balaban J connectivity index is 1.32. The minimum atomic E-state index is -0.301. The van der Waals surface area contributed by atoms with Crippen LogP contribution >= 0.6 is 0 Å². The van der Waals surface area contributed by atoms with Crippen LogP contribution in [0, 0.1) is 11.3 Å². The first-order chi connectivity index (χ1) is 13.9. The molecule has 2 heterocycles. The molecule has 1 unspecified atom stereocenters. The number of nitrogens with one attached hydrogen (secondary N) is 1. The molecule has 3 fully saturated rings. The number of hydrogen-bond donors (Lipinski definition) is 1. The molecule has 2 amide bonds. The third kappa shape index (κ3) is 4.36. The van der Waals surface area contributed by atoms with Crippen LogP contribution in [0.4, 0.5) is 0 Å². The standard InChI is InChI=1S/C23H35N3O3/c1-15-13-18(24-21(27)19-14-20(29-25-19)16-9-10-16)11-12-26(15)22(28)23(2,3)17-7-5-4-6-8-17/h14-18H,4-13H2,1-3H3,(H,24,27)/t15-,18?/m0/s1. The first-order valence-electron chi connectivity index (χ1n) is 11.4. The van der Waals surface area contributed by atoms with Gasteiger partial charge in [-0.25, -0.2) is 0 Å². The highest BCUT2D eigenvalue weighted by molar-refractivity contribution is 5.92. The molecular weight excluding hydrogens is 366 g/mol. The van der Waals surface area contributed by atoms with Crippen molar-refractivity contribution in [1.82, 2.24) is 15.4 Å². The zero-order valence-corrected chi connectivity index (χ0v) is 18.1. The molecule has 6 heteroatoms. The lowest BCUT2D eigenvalue weighted by Gasteiger charge is -2.44. The van der Waals surface area contributed by atoms with Gasteiger partial charge in [0.25, 0.3) is 5.91 Å². The number of amides is 2. The van der Waals surface area contributed by atoms with E-state index < -0.39 is 0 Å². The average molecular weight is 402 g/mol. The maximum atomic E-state index is 13.4. The number of aromatic nitrogens is 1. The number of hydrogen-bond acceptors (Lipinski definition) is 4. The van der Waals surface area contributed by atoms with Gasteiger partial charge in [0.1, 0.15) is 5.76 Å². The minimum Gasteiger partial charge on any atom is -0.360 e. The van der Waals surface area contributed by atoms with E-state index in [1.807, 2.05) is 0 Å². The van der Waals surface area contributed by atoms with Crippen LogP contribution in [-0.4, -0.2) is 40.5 Å². The molecule has 0 spiro atoms. The van der Waals surface area contributed by atoms with Crippen LogP contribution in [0.2, 0.25) is 0 Å². The van der Waals surface area contributed by atoms with Crippen LogP contribution in [0.1, 0.15) is 101 Å². The predicted octanol–water partition coefficient (Wildman–Crippen LogP) is 4.27. The van der Waals surface area contributed by atoms with Gasteiger partial charge in [-0.3, -0.25) is 9.59 Å². The molecule has 2 aliphatic carbocycles. The normalized spacial score (nSPS) is 26.4. The highest BCUT2D eigenvalue weighted by atomic mass is 16.5. The Labute approximate surface area is 173 Å². The zero-order chi connectivity index (χ0) is 20.6. The van der Waals surface area contributed by atoms with Gasteiger partial charge in [-0.15, -0.1) is 0 Å². The molecule has 2 atom stereocenters. The summed E-state index contributed by atoms with van der Waals surface area (Å²) in [5.41, 5.74) is 0.0708. The predicted molar refractivity (Wildman–Crippen MR) is 110 cm³/mol. The average Bonchev–Trinajstić information content (AvgIpc) is 3.44. The third-order valence-corrected chi connectivity index (χ3v) is 7.39. The van der Waals surface area contributed by atoms with Crippen molar-refractivity contribution >= 4 is 11.8 Å². The number of piperidine rings is 1. The molecule has 1 aliphatic heterocycles. The van der Waals surface area contributed by atoms with Crippen LogP contribution in [0.15, 0.2) is 10.6 Å². The fourth-order valence-electron chi connectivity index (χ4n) is 5.19. The first kappa shape index (κ1) is 20.4. The Morgan fingerprint density at radius 3 is 2.52 bits per heavy atom. The Kier molecular flexibility index (Phi) is 5.71. The number of carbonyl (C=O) groups excluding carboxylic acids is 2. The topological polar surface area (TPSA) is 75.4 Å². The van der Waals surface area contributed by atoms with Crippen molar-refractivity contribution in [2.24, 2.45) is 11.3 Å². The van der Waals surface area contributed by atoms with Crippen molar-refractivity contribution in [2.45, 2.75) is 96.6 Å². The van der Waals surface area contributed by atoms with Gasteiger partial charge in [-0.05, 0) is 51.4 Å². The van der Waals surface area contributed by atoms with E-state index in [9.17, 15) is 9.59 Å². The van der Waals surface area contributed by atoms with Crippen LogP contribution < -0.4 is 5.32 Å². The van der Waals surface area contributed by atoms with E-state index in [0.717, 1.165) is 31.4 Å². The van der Waals surface area contributed by atoms with E-state index in [0.29, 0.717) is 24.1 Å². The number of nitrogens with zero attached hydrogens (tertiary/aromatic N) is 2. The Bertz CT molecular complexity index is 746. The van der Waals surface area contributed by atoms with E-state index in [4.69, 9.17) is 4.52 Å². The lowest BCUT2D eigenvalue weighted by Crippen LogP contribution is -2.55. The van der Waals surface area contributed by atoms with Gasteiger partial charge in [0, 0.05) is 36.0 Å². The lowest BCUT2D eigenvalue weighted by molar-refractivity contribution is -0.148. The lowest BCUT2D eigenvalue weighted by atomic mass is 9.70. The van der Waals surface area contributed by atoms with Crippen LogP contribution in [0.3, 0.4) is 0 Å². The van der Waals surface area contributed by atoms with Crippen molar-refractivity contribution in [3.8, 4) is 0 Å². The quantitative estimate of drug-likeness (QED) is 0.799. The van der Waals surface area contributed by atoms with Crippen molar-refractivity contribution in [1.29, 1.82) is 0 Å². The minimum absolute atomic E-state index is 0.0698. The Morgan fingerprint density at radius 1 is 1.14 bits per heavy atom. The van der Waals surface area contributed by atoms with E-state index in [1.54, 1.807) is 6.07 Å². The molecule has 160 valence electrons. The molecule has 0 bridgehead atoms. The van der Waals surface area contributed by atoms with Crippen LogP contribution in [0.25, 0.3) is 0 Å². The maximum absolute atomic E-state index is 13.4. The highest BCUT2D eigenvalue weighted by Crippen LogP contribution is 2.41. The van der Waals surface area contributed by atoms with Gasteiger partial charge < -0.3 is 14.7 Å². The van der Waals surface area contributed by atoms with Crippen molar-refractivity contribution in [3.63, 3.8) is 0 Å². The first-order valence-corrected chi connectivity index (χ1v) is 11.4. The smallest absolute Gasteiger partial charge is 0.273 e. The summed E-state index contributed by atoms with van der Waals surface area (Å²) < 4.78 is 5.30. The Morgan fingerprint density at radius 2 is 1.86 bits per heavy atom. The van der Waals surface area contributed by atoms with E-state index >= 15 is 0 Å². The molecule has 29 heavy (non-hydrogen) atoms. The molecule has 0 aromatic carbocycles. The molecule has 6 nitrogen and oxygen atoms in total. The van der Waals surface area contributed by atoms with Crippen LogP contribution in [-0.2, 0) is 4.79 Å². The summed E-state index contributed by atoms with van der Waals surface area (Å²) in [6.45, 7) is 7.07. The second kappa shape index (κ2) is 8.11. The molecular formula is C23H35N3O3. The van der Waals surface area contributed by atoms with E-state index in [2.05, 4.69) is 36.1 Å².